The number of guanidine groups is 1. The summed E-state index contributed by atoms with van der Waals surface area (Å²) < 4.78 is 0. The lowest BCUT2D eigenvalue weighted by Gasteiger charge is -2.20. The highest BCUT2D eigenvalue weighted by molar-refractivity contribution is 7.98. The predicted molar refractivity (Wildman–Crippen MR) is 74.1 cm³/mol. The molecular weight excluding hydrogens is 218 g/mol. The maximum atomic E-state index is 5.91. The zero-order valence-corrected chi connectivity index (χ0v) is 11.4. The fraction of sp³-hybridized carbons (Fsp3) is 0.917. The van der Waals surface area contributed by atoms with Crippen LogP contribution in [-0.4, -0.2) is 30.1 Å². The summed E-state index contributed by atoms with van der Waals surface area (Å²) >= 11 is 1.87. The van der Waals surface area contributed by atoms with E-state index in [0.717, 1.165) is 6.42 Å². The van der Waals surface area contributed by atoms with Crippen LogP contribution in [0.2, 0.25) is 0 Å². The average Bonchev–Trinajstić information content (AvgIpc) is 2.27. The second kappa shape index (κ2) is 7.82. The second-order valence-electron chi connectivity index (χ2n) is 4.63. The minimum atomic E-state index is 0.430. The molecule has 16 heavy (non-hydrogen) atoms. The lowest BCUT2D eigenvalue weighted by Crippen LogP contribution is -2.39. The second-order valence-corrected chi connectivity index (χ2v) is 5.62. The van der Waals surface area contributed by atoms with E-state index in [1.54, 1.807) is 0 Å². The molecule has 1 fully saturated rings. The molecule has 3 N–H and O–H groups in total. The smallest absolute Gasteiger partial charge is 0.189 e. The van der Waals surface area contributed by atoms with Crippen LogP contribution in [0.4, 0.5) is 0 Å². The normalized spacial score (nSPS) is 20.8. The van der Waals surface area contributed by atoms with Crippen LogP contribution in [0.5, 0.6) is 0 Å². The summed E-state index contributed by atoms with van der Waals surface area (Å²) in [5.41, 5.74) is 5.91. The Morgan fingerprint density at radius 2 is 2.12 bits per heavy atom. The first-order valence-corrected chi connectivity index (χ1v) is 7.70. The third-order valence-corrected chi connectivity index (χ3v) is 3.69. The monoisotopic (exact) mass is 243 g/mol. The van der Waals surface area contributed by atoms with Crippen LogP contribution in [0.15, 0.2) is 4.99 Å². The molecule has 0 bridgehead atoms. The van der Waals surface area contributed by atoms with Gasteiger partial charge in [-0.05, 0) is 38.2 Å². The summed E-state index contributed by atoms with van der Waals surface area (Å²) in [6, 6.07) is 0.897. The van der Waals surface area contributed by atoms with Crippen molar-refractivity contribution in [2.75, 3.05) is 12.0 Å². The van der Waals surface area contributed by atoms with Gasteiger partial charge in [-0.15, -0.1) is 0 Å². The van der Waals surface area contributed by atoms with Crippen molar-refractivity contribution < 1.29 is 0 Å². The van der Waals surface area contributed by atoms with Crippen LogP contribution in [-0.2, 0) is 0 Å². The number of hydrogen-bond acceptors (Lipinski definition) is 2. The minimum Gasteiger partial charge on any atom is -0.370 e. The molecule has 0 aliphatic heterocycles. The van der Waals surface area contributed by atoms with Crippen LogP contribution in [0, 0.1) is 0 Å². The molecule has 4 heteroatoms. The van der Waals surface area contributed by atoms with E-state index in [1.807, 2.05) is 11.8 Å². The van der Waals surface area contributed by atoms with E-state index in [2.05, 4.69) is 23.5 Å². The average molecular weight is 243 g/mol. The lowest BCUT2D eigenvalue weighted by atomic mass is 9.96. The fourth-order valence-electron chi connectivity index (χ4n) is 2.06. The maximum Gasteiger partial charge on any atom is 0.189 e. The first-order chi connectivity index (χ1) is 7.72. The summed E-state index contributed by atoms with van der Waals surface area (Å²) in [5, 5.41) is 3.28. The molecule has 0 radical (unpaired) electrons. The zero-order valence-electron chi connectivity index (χ0n) is 10.5. The van der Waals surface area contributed by atoms with Crippen molar-refractivity contribution in [1.82, 2.24) is 5.32 Å². The zero-order chi connectivity index (χ0) is 11.8. The van der Waals surface area contributed by atoms with Crippen molar-refractivity contribution in [2.45, 2.75) is 57.5 Å². The van der Waals surface area contributed by atoms with Crippen LogP contribution in [0.3, 0.4) is 0 Å². The van der Waals surface area contributed by atoms with Crippen LogP contribution < -0.4 is 11.1 Å². The number of nitrogens with two attached hydrogens (primary N) is 1. The summed E-state index contributed by atoms with van der Waals surface area (Å²) in [6.45, 7) is 2.17. The number of thioether (sulfide) groups is 1. The van der Waals surface area contributed by atoms with Crippen LogP contribution in [0.25, 0.3) is 0 Å². The summed E-state index contributed by atoms with van der Waals surface area (Å²) in [6.07, 6.45) is 9.67. The Hall–Kier alpha value is -0.380. The first kappa shape index (κ1) is 13.7. The molecule has 94 valence electrons. The van der Waals surface area contributed by atoms with E-state index in [4.69, 9.17) is 5.73 Å². The first-order valence-electron chi connectivity index (χ1n) is 6.31. The molecule has 1 aliphatic carbocycles. The van der Waals surface area contributed by atoms with Gasteiger partial charge >= 0.3 is 0 Å². The van der Waals surface area contributed by atoms with Gasteiger partial charge in [-0.2, -0.15) is 11.8 Å². The Balaban J connectivity index is 2.26. The van der Waals surface area contributed by atoms with Gasteiger partial charge in [-0.25, -0.2) is 0 Å². The highest BCUT2D eigenvalue weighted by atomic mass is 32.2. The molecule has 0 saturated heterocycles. The van der Waals surface area contributed by atoms with Gasteiger partial charge < -0.3 is 11.1 Å². The standard InChI is InChI=1S/C12H25N3S/c1-10(8-9-16-2)14-12(13)15-11-6-4-3-5-7-11/h10-11H,3-9H2,1-2H3,(H3,13,14,15). The van der Waals surface area contributed by atoms with Crippen molar-refractivity contribution >= 4 is 17.7 Å². The topological polar surface area (TPSA) is 50.4 Å². The van der Waals surface area contributed by atoms with Crippen LogP contribution >= 0.6 is 11.8 Å². The number of aliphatic imine (C=N–C) groups is 1. The van der Waals surface area contributed by atoms with E-state index in [0.29, 0.717) is 18.0 Å². The summed E-state index contributed by atoms with van der Waals surface area (Å²) in [7, 11) is 0. The molecule has 1 atom stereocenters. The minimum absolute atomic E-state index is 0.430. The van der Waals surface area contributed by atoms with E-state index < -0.39 is 0 Å². The Bertz CT molecular complexity index is 212. The SMILES string of the molecule is CSCCC(C)NC(N)=NC1CCCCC1. The maximum absolute atomic E-state index is 5.91. The van der Waals surface area contributed by atoms with Gasteiger partial charge in [0, 0.05) is 6.04 Å². The number of hydrogen-bond donors (Lipinski definition) is 2. The molecular formula is C12H25N3S. The van der Waals surface area contributed by atoms with E-state index in [9.17, 15) is 0 Å². The Kier molecular flexibility index (Phi) is 6.69. The van der Waals surface area contributed by atoms with Gasteiger partial charge in [-0.1, -0.05) is 19.3 Å². The molecule has 3 nitrogen and oxygen atoms in total. The van der Waals surface area contributed by atoms with Crippen molar-refractivity contribution in [2.24, 2.45) is 10.7 Å². The Morgan fingerprint density at radius 1 is 1.44 bits per heavy atom. The van der Waals surface area contributed by atoms with Gasteiger partial charge in [0.05, 0.1) is 6.04 Å². The number of nitrogens with one attached hydrogen (secondary N) is 1. The van der Waals surface area contributed by atoms with Gasteiger partial charge in [0.1, 0.15) is 0 Å². The predicted octanol–water partition coefficient (Wildman–Crippen LogP) is 2.37. The quantitative estimate of drug-likeness (QED) is 0.576. The largest absolute Gasteiger partial charge is 0.370 e. The fourth-order valence-corrected chi connectivity index (χ4v) is 2.65. The lowest BCUT2D eigenvalue weighted by molar-refractivity contribution is 0.441. The highest BCUT2D eigenvalue weighted by Crippen LogP contribution is 2.19. The van der Waals surface area contributed by atoms with Gasteiger partial charge in [-0.3, -0.25) is 4.99 Å². The molecule has 1 aliphatic rings. The van der Waals surface area contributed by atoms with E-state index in [1.165, 1.54) is 37.9 Å². The molecule has 1 rings (SSSR count). The molecule has 0 aromatic rings. The van der Waals surface area contributed by atoms with E-state index in [-0.39, 0.29) is 0 Å². The van der Waals surface area contributed by atoms with Crippen molar-refractivity contribution in [3.05, 3.63) is 0 Å². The molecule has 1 saturated carbocycles. The Labute approximate surface area is 104 Å². The van der Waals surface area contributed by atoms with Gasteiger partial charge in [0.2, 0.25) is 0 Å². The van der Waals surface area contributed by atoms with Crippen molar-refractivity contribution in [3.8, 4) is 0 Å². The molecule has 0 spiro atoms. The van der Waals surface area contributed by atoms with Crippen LogP contribution in [0.1, 0.15) is 45.4 Å². The van der Waals surface area contributed by atoms with E-state index >= 15 is 0 Å². The third-order valence-electron chi connectivity index (χ3n) is 3.05. The Morgan fingerprint density at radius 3 is 2.75 bits per heavy atom. The molecule has 0 aromatic heterocycles. The summed E-state index contributed by atoms with van der Waals surface area (Å²) in [5.74, 6) is 1.81. The number of nitrogens with zero attached hydrogens (tertiary/aromatic N) is 1. The molecule has 0 amide bonds. The van der Waals surface area contributed by atoms with Crippen molar-refractivity contribution in [1.29, 1.82) is 0 Å². The third kappa shape index (κ3) is 5.64. The van der Waals surface area contributed by atoms with Gasteiger partial charge in [0.15, 0.2) is 5.96 Å². The highest BCUT2D eigenvalue weighted by Gasteiger charge is 2.12. The summed E-state index contributed by atoms with van der Waals surface area (Å²) in [4.78, 5) is 4.56. The molecule has 1 unspecified atom stereocenters. The molecule has 0 heterocycles. The van der Waals surface area contributed by atoms with Gasteiger partial charge in [0.25, 0.3) is 0 Å². The van der Waals surface area contributed by atoms with Crippen molar-refractivity contribution in [3.63, 3.8) is 0 Å². The molecule has 0 aromatic carbocycles. The number of rotatable bonds is 5.